The van der Waals surface area contributed by atoms with E-state index in [0.29, 0.717) is 17.0 Å². The zero-order valence-corrected chi connectivity index (χ0v) is 12.7. The number of phenolic OH excluding ortho intramolecular Hbond substituents is 1. The zero-order chi connectivity index (χ0) is 14.7. The summed E-state index contributed by atoms with van der Waals surface area (Å²) in [5, 5.41) is 12.5. The second kappa shape index (κ2) is 5.96. The van der Waals surface area contributed by atoms with Crippen LogP contribution in [0, 0.1) is 6.92 Å². The van der Waals surface area contributed by atoms with Crippen molar-refractivity contribution in [3.05, 3.63) is 52.0 Å². The molecule has 0 aliphatic rings. The Labute approximate surface area is 125 Å². The summed E-state index contributed by atoms with van der Waals surface area (Å²) in [7, 11) is 1.50. The van der Waals surface area contributed by atoms with Crippen molar-refractivity contribution in [3.8, 4) is 11.5 Å². The number of ether oxygens (including phenoxy) is 1. The summed E-state index contributed by atoms with van der Waals surface area (Å²) in [5.74, 6) is 0.159. The Morgan fingerprint density at radius 1 is 1.25 bits per heavy atom. The molecule has 4 nitrogen and oxygen atoms in total. The maximum Gasteiger partial charge on any atom is 0.259 e. The van der Waals surface area contributed by atoms with Gasteiger partial charge >= 0.3 is 0 Å². The number of benzene rings is 2. The van der Waals surface area contributed by atoms with E-state index >= 15 is 0 Å². The van der Waals surface area contributed by atoms with Gasteiger partial charge in [-0.25, -0.2) is 0 Å². The molecule has 2 N–H and O–H groups in total. The molecule has 0 heterocycles. The van der Waals surface area contributed by atoms with Gasteiger partial charge in [0.15, 0.2) is 0 Å². The fourth-order valence-corrected chi connectivity index (χ4v) is 2.13. The summed E-state index contributed by atoms with van der Waals surface area (Å²) in [6, 6.07) is 10.2. The van der Waals surface area contributed by atoms with Gasteiger partial charge in [0.1, 0.15) is 11.5 Å². The summed E-state index contributed by atoms with van der Waals surface area (Å²) in [6.07, 6.45) is 0. The van der Waals surface area contributed by atoms with Crippen LogP contribution >= 0.6 is 15.9 Å². The number of aryl methyl sites for hydroxylation is 1. The number of phenols is 1. The molecule has 1 amide bonds. The van der Waals surface area contributed by atoms with Crippen molar-refractivity contribution in [1.82, 2.24) is 0 Å². The van der Waals surface area contributed by atoms with Gasteiger partial charge in [0.25, 0.3) is 5.91 Å². The van der Waals surface area contributed by atoms with Gasteiger partial charge in [-0.1, -0.05) is 22.0 Å². The molecule has 0 aromatic heterocycles. The van der Waals surface area contributed by atoms with Gasteiger partial charge in [0.05, 0.1) is 18.4 Å². The van der Waals surface area contributed by atoms with Gasteiger partial charge in [-0.3, -0.25) is 4.79 Å². The van der Waals surface area contributed by atoms with Crippen LogP contribution in [0.4, 0.5) is 5.69 Å². The lowest BCUT2D eigenvalue weighted by Crippen LogP contribution is -2.13. The fraction of sp³-hybridized carbons (Fsp3) is 0.133. The van der Waals surface area contributed by atoms with Crippen LogP contribution in [-0.4, -0.2) is 18.1 Å². The Bertz CT molecular complexity index is 656. The molecule has 0 bridgehead atoms. The second-order valence-corrected chi connectivity index (χ2v) is 5.24. The smallest absolute Gasteiger partial charge is 0.259 e. The summed E-state index contributed by atoms with van der Waals surface area (Å²) < 4.78 is 6.00. The first-order valence-electron chi connectivity index (χ1n) is 5.96. The van der Waals surface area contributed by atoms with E-state index in [2.05, 4.69) is 21.2 Å². The third kappa shape index (κ3) is 3.11. The minimum Gasteiger partial charge on any atom is -0.506 e. The predicted molar refractivity (Wildman–Crippen MR) is 81.5 cm³/mol. The average Bonchev–Trinajstić information content (AvgIpc) is 2.41. The molecule has 0 saturated carbocycles. The van der Waals surface area contributed by atoms with Crippen LogP contribution in [0.25, 0.3) is 0 Å². The number of nitrogens with one attached hydrogen (secondary N) is 1. The molecule has 2 aromatic rings. The molecular formula is C15H14BrNO3. The molecule has 0 saturated heterocycles. The third-order valence-corrected chi connectivity index (χ3v) is 3.30. The van der Waals surface area contributed by atoms with E-state index in [1.54, 1.807) is 30.3 Å². The predicted octanol–water partition coefficient (Wildman–Crippen LogP) is 3.72. The number of amides is 1. The van der Waals surface area contributed by atoms with E-state index in [4.69, 9.17) is 4.74 Å². The average molecular weight is 336 g/mol. The number of halogens is 1. The molecule has 0 atom stereocenters. The molecule has 0 aliphatic heterocycles. The quantitative estimate of drug-likeness (QED) is 0.840. The molecule has 0 radical (unpaired) electrons. The van der Waals surface area contributed by atoms with Crippen LogP contribution in [0.2, 0.25) is 0 Å². The summed E-state index contributed by atoms with van der Waals surface area (Å²) in [4.78, 5) is 12.2. The SMILES string of the molecule is COc1cc(Br)ccc1C(=O)Nc1ccc(C)cc1O. The number of rotatable bonds is 3. The van der Waals surface area contributed by atoms with E-state index in [1.165, 1.54) is 7.11 Å². The number of anilines is 1. The highest BCUT2D eigenvalue weighted by Gasteiger charge is 2.14. The normalized spacial score (nSPS) is 10.2. The molecule has 104 valence electrons. The van der Waals surface area contributed by atoms with Crippen molar-refractivity contribution in [3.63, 3.8) is 0 Å². The summed E-state index contributed by atoms with van der Waals surface area (Å²) >= 11 is 3.32. The number of carbonyl (C=O) groups is 1. The van der Waals surface area contributed by atoms with Gasteiger partial charge < -0.3 is 15.2 Å². The van der Waals surface area contributed by atoms with Crippen LogP contribution in [0.1, 0.15) is 15.9 Å². The van der Waals surface area contributed by atoms with E-state index in [9.17, 15) is 9.90 Å². The van der Waals surface area contributed by atoms with E-state index in [0.717, 1.165) is 10.0 Å². The fourth-order valence-electron chi connectivity index (χ4n) is 1.79. The van der Waals surface area contributed by atoms with Crippen molar-refractivity contribution in [2.75, 3.05) is 12.4 Å². The largest absolute Gasteiger partial charge is 0.506 e. The van der Waals surface area contributed by atoms with Gasteiger partial charge in [0, 0.05) is 4.47 Å². The number of hydrogen-bond donors (Lipinski definition) is 2. The third-order valence-electron chi connectivity index (χ3n) is 2.81. The lowest BCUT2D eigenvalue weighted by Gasteiger charge is -2.11. The first-order valence-corrected chi connectivity index (χ1v) is 6.75. The highest BCUT2D eigenvalue weighted by atomic mass is 79.9. The Morgan fingerprint density at radius 3 is 2.65 bits per heavy atom. The van der Waals surface area contributed by atoms with Gasteiger partial charge in [-0.05, 0) is 42.8 Å². The lowest BCUT2D eigenvalue weighted by atomic mass is 10.1. The van der Waals surface area contributed by atoms with Gasteiger partial charge in [0.2, 0.25) is 0 Å². The molecule has 2 aromatic carbocycles. The Kier molecular flexibility index (Phi) is 4.29. The van der Waals surface area contributed by atoms with Gasteiger partial charge in [-0.15, -0.1) is 0 Å². The molecule has 0 fully saturated rings. The summed E-state index contributed by atoms with van der Waals surface area (Å²) in [5.41, 5.74) is 1.68. The number of carbonyl (C=O) groups excluding carboxylic acids is 1. The van der Waals surface area contributed by atoms with Crippen LogP contribution in [-0.2, 0) is 0 Å². The van der Waals surface area contributed by atoms with Crippen LogP contribution in [0.3, 0.4) is 0 Å². The zero-order valence-electron chi connectivity index (χ0n) is 11.1. The summed E-state index contributed by atoms with van der Waals surface area (Å²) in [6.45, 7) is 1.86. The van der Waals surface area contributed by atoms with E-state index in [1.807, 2.05) is 13.0 Å². The van der Waals surface area contributed by atoms with Gasteiger partial charge in [-0.2, -0.15) is 0 Å². The van der Waals surface area contributed by atoms with E-state index < -0.39 is 0 Å². The molecule has 0 aliphatic carbocycles. The second-order valence-electron chi connectivity index (χ2n) is 4.32. The monoisotopic (exact) mass is 335 g/mol. The lowest BCUT2D eigenvalue weighted by molar-refractivity contribution is 0.102. The maximum absolute atomic E-state index is 12.2. The number of hydrogen-bond acceptors (Lipinski definition) is 3. The Morgan fingerprint density at radius 2 is 2.00 bits per heavy atom. The Balaban J connectivity index is 2.28. The first kappa shape index (κ1) is 14.4. The molecule has 0 spiro atoms. The number of methoxy groups -OCH3 is 1. The van der Waals surface area contributed by atoms with Crippen molar-refractivity contribution >= 4 is 27.5 Å². The minimum absolute atomic E-state index is 0.0365. The molecule has 0 unspecified atom stereocenters. The minimum atomic E-state index is -0.339. The Hall–Kier alpha value is -2.01. The van der Waals surface area contributed by atoms with Crippen LogP contribution in [0.5, 0.6) is 11.5 Å². The van der Waals surface area contributed by atoms with E-state index in [-0.39, 0.29) is 11.7 Å². The standard InChI is InChI=1S/C15H14BrNO3/c1-9-3-6-12(13(18)7-9)17-15(19)11-5-4-10(16)8-14(11)20-2/h3-8,18H,1-2H3,(H,17,19). The molecule has 20 heavy (non-hydrogen) atoms. The first-order chi connectivity index (χ1) is 9.51. The molecular weight excluding hydrogens is 322 g/mol. The topological polar surface area (TPSA) is 58.6 Å². The van der Waals surface area contributed by atoms with Crippen molar-refractivity contribution in [2.45, 2.75) is 6.92 Å². The number of aromatic hydroxyl groups is 1. The van der Waals surface area contributed by atoms with Crippen molar-refractivity contribution in [2.24, 2.45) is 0 Å². The highest BCUT2D eigenvalue weighted by Crippen LogP contribution is 2.27. The molecule has 2 rings (SSSR count). The molecule has 5 heteroatoms. The van der Waals surface area contributed by atoms with Crippen molar-refractivity contribution < 1.29 is 14.6 Å². The highest BCUT2D eigenvalue weighted by molar-refractivity contribution is 9.10. The van der Waals surface area contributed by atoms with Crippen LogP contribution in [0.15, 0.2) is 40.9 Å². The van der Waals surface area contributed by atoms with Crippen molar-refractivity contribution in [1.29, 1.82) is 0 Å². The van der Waals surface area contributed by atoms with Crippen LogP contribution < -0.4 is 10.1 Å². The maximum atomic E-state index is 12.2.